The molecule has 1 amide bonds. The highest BCUT2D eigenvalue weighted by Gasteiger charge is 2.20. The third kappa shape index (κ3) is 6.59. The van der Waals surface area contributed by atoms with Crippen LogP contribution in [0.2, 0.25) is 0 Å². The quantitative estimate of drug-likeness (QED) is 0.232. The number of amides is 1. The number of aromatic nitrogens is 2. The minimum Gasteiger partial charge on any atom is -0.492 e. The second-order valence-corrected chi connectivity index (χ2v) is 9.55. The number of carbonyl (C=O) groups is 1. The maximum Gasteiger partial charge on any atom is 0.253 e. The largest absolute Gasteiger partial charge is 0.492 e. The summed E-state index contributed by atoms with van der Waals surface area (Å²) >= 11 is 0. The molecule has 0 aliphatic heterocycles. The van der Waals surface area contributed by atoms with E-state index in [0.29, 0.717) is 24.4 Å². The standard InChI is InChI=1S/C30H39FN4O2/c1-8-10-11-27(30(36)34(6)7)25(21(3)33(4)5)16-17-37-28-18-23(31)13-14-26(28)22-12-15-29-32-19-24(9-2)35(29)20-22/h11-15,18-20H,8-10,16-17H2,1-7H3/b25-21-,27-11-. The number of benzene rings is 1. The first kappa shape index (κ1) is 28.0. The molecule has 0 saturated heterocycles. The Morgan fingerprint density at radius 3 is 2.51 bits per heavy atom. The Hall–Kier alpha value is -3.61. The zero-order valence-corrected chi connectivity index (χ0v) is 23.1. The molecule has 7 heteroatoms. The SMILES string of the molecule is CCC/C=C(C(=O)N(C)C)/C(CCOc1cc(F)ccc1-c1ccc2ncc(CC)n2c1)=C(/C)N(C)C. The molecule has 0 aliphatic carbocycles. The molecule has 3 rings (SSSR count). The van der Waals surface area contributed by atoms with Gasteiger partial charge in [0.15, 0.2) is 0 Å². The van der Waals surface area contributed by atoms with Crippen molar-refractivity contribution in [2.75, 3.05) is 34.8 Å². The summed E-state index contributed by atoms with van der Waals surface area (Å²) < 4.78 is 22.6. The Labute approximate surface area is 220 Å². The normalized spacial score (nSPS) is 12.5. The predicted octanol–water partition coefficient (Wildman–Crippen LogP) is 6.12. The number of hydrogen-bond acceptors (Lipinski definition) is 4. The van der Waals surface area contributed by atoms with E-state index in [-0.39, 0.29) is 11.7 Å². The molecule has 0 fully saturated rings. The van der Waals surface area contributed by atoms with E-state index in [1.807, 2.05) is 56.5 Å². The van der Waals surface area contributed by atoms with Gasteiger partial charge in [-0.05, 0) is 49.6 Å². The van der Waals surface area contributed by atoms with Crippen molar-refractivity contribution in [3.63, 3.8) is 0 Å². The van der Waals surface area contributed by atoms with Crippen molar-refractivity contribution in [1.29, 1.82) is 0 Å². The summed E-state index contributed by atoms with van der Waals surface area (Å²) in [6.45, 7) is 6.50. The van der Waals surface area contributed by atoms with Gasteiger partial charge < -0.3 is 18.9 Å². The molecule has 0 radical (unpaired) electrons. The van der Waals surface area contributed by atoms with Gasteiger partial charge in [0.1, 0.15) is 17.2 Å². The number of ether oxygens (including phenoxy) is 1. The van der Waals surface area contributed by atoms with Gasteiger partial charge in [0.25, 0.3) is 5.91 Å². The van der Waals surface area contributed by atoms with Crippen LogP contribution in [0.1, 0.15) is 45.7 Å². The molecule has 0 spiro atoms. The van der Waals surface area contributed by atoms with Crippen LogP contribution in [0.15, 0.2) is 65.6 Å². The summed E-state index contributed by atoms with van der Waals surface area (Å²) in [5, 5.41) is 0. The minimum atomic E-state index is -0.358. The average molecular weight is 507 g/mol. The van der Waals surface area contributed by atoms with Gasteiger partial charge in [-0.15, -0.1) is 0 Å². The topological polar surface area (TPSA) is 50.1 Å². The number of hydrogen-bond donors (Lipinski definition) is 0. The number of nitrogens with zero attached hydrogens (tertiary/aromatic N) is 4. The highest BCUT2D eigenvalue weighted by Crippen LogP contribution is 2.32. The molecule has 3 aromatic rings. The lowest BCUT2D eigenvalue weighted by Gasteiger charge is -2.23. The van der Waals surface area contributed by atoms with Crippen molar-refractivity contribution in [3.05, 3.63) is 77.2 Å². The van der Waals surface area contributed by atoms with Crippen LogP contribution in [-0.4, -0.2) is 59.9 Å². The van der Waals surface area contributed by atoms with Crippen LogP contribution in [0.4, 0.5) is 4.39 Å². The number of allylic oxidation sites excluding steroid dienone is 2. The molecule has 2 heterocycles. The highest BCUT2D eigenvalue weighted by atomic mass is 19.1. The highest BCUT2D eigenvalue weighted by molar-refractivity contribution is 5.97. The molecule has 0 unspecified atom stereocenters. The smallest absolute Gasteiger partial charge is 0.253 e. The van der Waals surface area contributed by atoms with Crippen molar-refractivity contribution >= 4 is 11.6 Å². The molecule has 37 heavy (non-hydrogen) atoms. The van der Waals surface area contributed by atoms with Gasteiger partial charge in [0.05, 0.1) is 6.61 Å². The molecule has 2 aromatic heterocycles. The fraction of sp³-hybridized carbons (Fsp3) is 0.400. The summed E-state index contributed by atoms with van der Waals surface area (Å²) in [4.78, 5) is 21.1. The van der Waals surface area contributed by atoms with Crippen LogP contribution in [0.25, 0.3) is 16.8 Å². The predicted molar refractivity (Wildman–Crippen MR) is 148 cm³/mol. The summed E-state index contributed by atoms with van der Waals surface area (Å²) in [7, 11) is 7.47. The molecule has 0 N–H and O–H groups in total. The Balaban J connectivity index is 1.93. The Kier molecular flexibility index (Phi) is 9.50. The second kappa shape index (κ2) is 12.6. The van der Waals surface area contributed by atoms with E-state index in [1.165, 1.54) is 12.1 Å². The van der Waals surface area contributed by atoms with Gasteiger partial charge in [-0.1, -0.05) is 26.3 Å². The van der Waals surface area contributed by atoms with Gasteiger partial charge >= 0.3 is 0 Å². The summed E-state index contributed by atoms with van der Waals surface area (Å²) in [6.07, 6.45) is 9.04. The van der Waals surface area contributed by atoms with Gasteiger partial charge in [-0.25, -0.2) is 9.37 Å². The van der Waals surface area contributed by atoms with Gasteiger partial charge in [0.2, 0.25) is 0 Å². The van der Waals surface area contributed by atoms with Crippen molar-refractivity contribution in [2.24, 2.45) is 0 Å². The van der Waals surface area contributed by atoms with E-state index >= 15 is 0 Å². The third-order valence-corrected chi connectivity index (χ3v) is 6.52. The van der Waals surface area contributed by atoms with Crippen LogP contribution in [0, 0.1) is 5.82 Å². The molecule has 0 bridgehead atoms. The van der Waals surface area contributed by atoms with E-state index in [9.17, 15) is 9.18 Å². The molecular formula is C30H39FN4O2. The monoisotopic (exact) mass is 506 g/mol. The lowest BCUT2D eigenvalue weighted by molar-refractivity contribution is -0.124. The molecule has 0 atom stereocenters. The number of carbonyl (C=O) groups excluding carboxylic acids is 1. The molecule has 6 nitrogen and oxygen atoms in total. The fourth-order valence-electron chi connectivity index (χ4n) is 4.22. The third-order valence-electron chi connectivity index (χ3n) is 6.52. The summed E-state index contributed by atoms with van der Waals surface area (Å²) in [6, 6.07) is 8.56. The van der Waals surface area contributed by atoms with Crippen LogP contribution in [0.5, 0.6) is 5.75 Å². The summed E-state index contributed by atoms with van der Waals surface area (Å²) in [5.41, 5.74) is 6.32. The number of pyridine rings is 1. The van der Waals surface area contributed by atoms with Crippen molar-refractivity contribution in [1.82, 2.24) is 19.2 Å². The van der Waals surface area contributed by atoms with E-state index in [1.54, 1.807) is 25.1 Å². The Morgan fingerprint density at radius 2 is 1.86 bits per heavy atom. The van der Waals surface area contributed by atoms with Crippen molar-refractivity contribution < 1.29 is 13.9 Å². The average Bonchev–Trinajstić information content (AvgIpc) is 3.29. The first-order valence-electron chi connectivity index (χ1n) is 12.9. The first-order chi connectivity index (χ1) is 17.7. The summed E-state index contributed by atoms with van der Waals surface area (Å²) in [5.74, 6) is 0.0807. The lowest BCUT2D eigenvalue weighted by Crippen LogP contribution is -2.26. The van der Waals surface area contributed by atoms with E-state index in [2.05, 4.69) is 23.2 Å². The molecule has 0 saturated carbocycles. The number of halogens is 1. The number of fused-ring (bicyclic) bond motifs is 1. The maximum absolute atomic E-state index is 14.3. The number of aryl methyl sites for hydroxylation is 1. The number of rotatable bonds is 11. The number of likely N-dealkylation sites (N-methyl/N-ethyl adjacent to an activating group) is 1. The molecule has 0 aliphatic rings. The second-order valence-electron chi connectivity index (χ2n) is 9.55. The maximum atomic E-state index is 14.3. The Bertz CT molecular complexity index is 1300. The first-order valence-corrected chi connectivity index (χ1v) is 12.9. The van der Waals surface area contributed by atoms with Gasteiger partial charge in [-0.2, -0.15) is 0 Å². The molecule has 198 valence electrons. The zero-order valence-electron chi connectivity index (χ0n) is 23.1. The fourth-order valence-corrected chi connectivity index (χ4v) is 4.22. The number of unbranched alkanes of at least 4 members (excludes halogenated alkanes) is 1. The van der Waals surface area contributed by atoms with E-state index in [0.717, 1.165) is 53.0 Å². The van der Waals surface area contributed by atoms with Crippen LogP contribution in [-0.2, 0) is 11.2 Å². The van der Waals surface area contributed by atoms with Crippen molar-refractivity contribution in [2.45, 2.75) is 46.5 Å². The lowest BCUT2D eigenvalue weighted by atomic mass is 9.97. The Morgan fingerprint density at radius 1 is 1.11 bits per heavy atom. The van der Waals surface area contributed by atoms with Crippen LogP contribution >= 0.6 is 0 Å². The number of imidazole rings is 1. The van der Waals surface area contributed by atoms with E-state index < -0.39 is 0 Å². The minimum absolute atomic E-state index is 0.0311. The van der Waals surface area contributed by atoms with Gasteiger partial charge in [-0.3, -0.25) is 4.79 Å². The molecular weight excluding hydrogens is 467 g/mol. The van der Waals surface area contributed by atoms with E-state index in [4.69, 9.17) is 4.74 Å². The van der Waals surface area contributed by atoms with Gasteiger partial charge in [0, 0.05) is 81.2 Å². The van der Waals surface area contributed by atoms with Crippen LogP contribution in [0.3, 0.4) is 0 Å². The van der Waals surface area contributed by atoms with Crippen molar-refractivity contribution in [3.8, 4) is 16.9 Å². The van der Waals surface area contributed by atoms with Crippen LogP contribution < -0.4 is 4.74 Å². The zero-order chi connectivity index (χ0) is 27.1. The molecule has 1 aromatic carbocycles.